The number of rotatable bonds is 8. The molecular formula is C21H27F3N6O3. The van der Waals surface area contributed by atoms with E-state index in [2.05, 4.69) is 25.9 Å². The average molecular weight is 468 g/mol. The zero-order valence-electron chi connectivity index (χ0n) is 18.1. The van der Waals surface area contributed by atoms with Crippen molar-refractivity contribution >= 4 is 29.0 Å². The van der Waals surface area contributed by atoms with E-state index in [0.717, 1.165) is 6.42 Å². The number of amides is 1. The first-order valence-electron chi connectivity index (χ1n) is 10.6. The van der Waals surface area contributed by atoms with E-state index in [0.29, 0.717) is 31.4 Å². The number of hydrogen-bond donors (Lipinski definition) is 5. The van der Waals surface area contributed by atoms with Gasteiger partial charge in [-0.3, -0.25) is 9.69 Å². The second-order valence-electron chi connectivity index (χ2n) is 7.67. The number of nitrogens with one attached hydrogen (secondary N) is 3. The first kappa shape index (κ1) is 24.7. The summed E-state index contributed by atoms with van der Waals surface area (Å²) in [6.45, 7) is 2.23. The molecule has 1 saturated heterocycles. The summed E-state index contributed by atoms with van der Waals surface area (Å²) in [5.41, 5.74) is -0.471. The van der Waals surface area contributed by atoms with E-state index in [4.69, 9.17) is 5.11 Å². The van der Waals surface area contributed by atoms with Crippen molar-refractivity contribution in [1.29, 1.82) is 0 Å². The molecule has 9 nitrogen and oxygen atoms in total. The largest absolute Gasteiger partial charge is 0.421 e. The molecule has 1 aromatic heterocycles. The number of aliphatic hydroxyl groups is 2. The Morgan fingerprint density at radius 3 is 2.70 bits per heavy atom. The molecule has 0 spiro atoms. The Hall–Kier alpha value is -2.96. The highest BCUT2D eigenvalue weighted by Crippen LogP contribution is 2.36. The van der Waals surface area contributed by atoms with Crippen LogP contribution in [0.25, 0.3) is 0 Å². The Kier molecular flexibility index (Phi) is 8.06. The van der Waals surface area contributed by atoms with Gasteiger partial charge in [-0.2, -0.15) is 18.2 Å². The predicted octanol–water partition coefficient (Wildman–Crippen LogP) is 2.77. The second kappa shape index (κ2) is 10.8. The van der Waals surface area contributed by atoms with Crippen LogP contribution in [0, 0.1) is 0 Å². The van der Waals surface area contributed by atoms with Crippen LogP contribution in [0.15, 0.2) is 30.5 Å². The van der Waals surface area contributed by atoms with Crippen LogP contribution in [0.5, 0.6) is 0 Å². The Balaban J connectivity index is 1.85. The summed E-state index contributed by atoms with van der Waals surface area (Å²) >= 11 is 0. The maximum Gasteiger partial charge on any atom is 0.421 e. The molecule has 12 heteroatoms. The van der Waals surface area contributed by atoms with Gasteiger partial charge in [0.1, 0.15) is 17.6 Å². The van der Waals surface area contributed by atoms with Crippen LogP contribution in [0.4, 0.5) is 36.3 Å². The Morgan fingerprint density at radius 2 is 2.03 bits per heavy atom. The number of likely N-dealkylation sites (tertiary alicyclic amines) is 1. The smallest absolute Gasteiger partial charge is 0.392 e. The van der Waals surface area contributed by atoms with Crippen molar-refractivity contribution in [2.24, 2.45) is 0 Å². The number of anilines is 4. The lowest BCUT2D eigenvalue weighted by Gasteiger charge is -2.35. The Morgan fingerprint density at radius 1 is 1.30 bits per heavy atom. The van der Waals surface area contributed by atoms with Crippen molar-refractivity contribution < 1.29 is 28.2 Å². The molecule has 2 aromatic rings. The molecule has 1 amide bonds. The van der Waals surface area contributed by atoms with Gasteiger partial charge >= 0.3 is 6.18 Å². The minimum atomic E-state index is -4.70. The molecule has 180 valence electrons. The molecule has 1 aliphatic rings. The van der Waals surface area contributed by atoms with E-state index in [-0.39, 0.29) is 30.0 Å². The second-order valence-corrected chi connectivity index (χ2v) is 7.67. The zero-order valence-corrected chi connectivity index (χ0v) is 18.1. The quantitative estimate of drug-likeness (QED) is 0.401. The number of hydrogen-bond acceptors (Lipinski definition) is 8. The van der Waals surface area contributed by atoms with Gasteiger partial charge in [0.15, 0.2) is 0 Å². The van der Waals surface area contributed by atoms with E-state index < -0.39 is 30.4 Å². The van der Waals surface area contributed by atoms with Gasteiger partial charge in [0.25, 0.3) is 0 Å². The third-order valence-corrected chi connectivity index (χ3v) is 5.24. The third kappa shape index (κ3) is 6.53. The Bertz CT molecular complexity index is 959. The molecule has 1 aromatic carbocycles. The van der Waals surface area contributed by atoms with E-state index in [1.165, 1.54) is 6.07 Å². The van der Waals surface area contributed by atoms with Crippen molar-refractivity contribution in [3.63, 3.8) is 0 Å². The summed E-state index contributed by atoms with van der Waals surface area (Å²) in [4.78, 5) is 21.4. The normalized spacial score (nSPS) is 17.9. The topological polar surface area (TPSA) is 123 Å². The first-order valence-corrected chi connectivity index (χ1v) is 10.6. The molecule has 2 atom stereocenters. The maximum absolute atomic E-state index is 13.6. The van der Waals surface area contributed by atoms with Crippen LogP contribution in [0.3, 0.4) is 0 Å². The van der Waals surface area contributed by atoms with E-state index in [1.807, 2.05) is 0 Å². The predicted molar refractivity (Wildman–Crippen MR) is 117 cm³/mol. The highest BCUT2D eigenvalue weighted by atomic mass is 19.4. The third-order valence-electron chi connectivity index (χ3n) is 5.24. The van der Waals surface area contributed by atoms with Crippen LogP contribution in [0.1, 0.15) is 31.7 Å². The summed E-state index contributed by atoms with van der Waals surface area (Å²) in [6.07, 6.45) is -3.36. The summed E-state index contributed by atoms with van der Waals surface area (Å²) < 4.78 is 40.9. The molecule has 5 N–H and O–H groups in total. The van der Waals surface area contributed by atoms with Crippen LogP contribution in [0.2, 0.25) is 0 Å². The number of aromatic nitrogens is 2. The van der Waals surface area contributed by atoms with Crippen LogP contribution < -0.4 is 16.0 Å². The molecular weight excluding hydrogens is 441 g/mol. The van der Waals surface area contributed by atoms with Gasteiger partial charge in [-0.15, -0.1) is 0 Å². The number of nitrogens with zero attached hydrogens (tertiary/aromatic N) is 3. The van der Waals surface area contributed by atoms with Gasteiger partial charge in [-0.25, -0.2) is 4.98 Å². The van der Waals surface area contributed by atoms with E-state index >= 15 is 0 Å². The van der Waals surface area contributed by atoms with Crippen molar-refractivity contribution in [2.75, 3.05) is 35.6 Å². The fourth-order valence-electron chi connectivity index (χ4n) is 3.51. The molecule has 0 radical (unpaired) electrons. The molecule has 0 saturated carbocycles. The standard InChI is InChI=1S/C21H27F3N6O3/c1-2-17(32)27-15-7-3-4-8-16(15)28-19-14(21(22,23)24)10-25-20(29-19)26-13-6-5-9-30(11-13)18(33)12-31/h3-4,7-8,10,13,18,31,33H,2,5-6,9,11-12H2,1H3,(H,27,32)(H2,25,26,28,29). The van der Waals surface area contributed by atoms with Crippen molar-refractivity contribution in [1.82, 2.24) is 14.9 Å². The summed E-state index contributed by atoms with van der Waals surface area (Å²) in [6, 6.07) is 6.17. The van der Waals surface area contributed by atoms with Crippen LogP contribution in [-0.2, 0) is 11.0 Å². The minimum Gasteiger partial charge on any atom is -0.392 e. The van der Waals surface area contributed by atoms with Gasteiger partial charge in [0.2, 0.25) is 11.9 Å². The molecule has 1 fully saturated rings. The van der Waals surface area contributed by atoms with E-state index in [1.54, 1.807) is 30.0 Å². The van der Waals surface area contributed by atoms with Crippen molar-refractivity contribution in [3.05, 3.63) is 36.0 Å². The number of benzene rings is 1. The van der Waals surface area contributed by atoms with Gasteiger partial charge in [0.05, 0.1) is 18.0 Å². The maximum atomic E-state index is 13.6. The van der Waals surface area contributed by atoms with Gasteiger partial charge < -0.3 is 26.2 Å². The van der Waals surface area contributed by atoms with Crippen molar-refractivity contribution in [2.45, 2.75) is 44.6 Å². The number of aliphatic hydroxyl groups excluding tert-OH is 2. The van der Waals surface area contributed by atoms with Gasteiger partial charge in [0, 0.05) is 31.7 Å². The van der Waals surface area contributed by atoms with Gasteiger partial charge in [-0.05, 0) is 25.0 Å². The molecule has 0 bridgehead atoms. The fraction of sp³-hybridized carbons (Fsp3) is 0.476. The van der Waals surface area contributed by atoms with E-state index in [9.17, 15) is 23.1 Å². The number of halogens is 3. The molecule has 2 heterocycles. The molecule has 3 rings (SSSR count). The monoisotopic (exact) mass is 468 g/mol. The van der Waals surface area contributed by atoms with Crippen molar-refractivity contribution in [3.8, 4) is 0 Å². The molecule has 0 aliphatic carbocycles. The SMILES string of the molecule is CCC(=O)Nc1ccccc1Nc1nc(NC2CCCN(C(O)CO)C2)ncc1C(F)(F)F. The lowest BCUT2D eigenvalue weighted by Crippen LogP contribution is -2.48. The summed E-state index contributed by atoms with van der Waals surface area (Å²) in [5.74, 6) is -0.746. The molecule has 1 aliphatic heterocycles. The highest BCUT2D eigenvalue weighted by molar-refractivity contribution is 5.94. The number of carbonyl (C=O) groups excluding carboxylic acids is 1. The summed E-state index contributed by atoms with van der Waals surface area (Å²) in [7, 11) is 0. The lowest BCUT2D eigenvalue weighted by atomic mass is 10.1. The van der Waals surface area contributed by atoms with Crippen LogP contribution in [-0.4, -0.2) is 63.0 Å². The lowest BCUT2D eigenvalue weighted by molar-refractivity contribution is -0.137. The molecule has 33 heavy (non-hydrogen) atoms. The Labute approximate surface area is 189 Å². The molecule has 2 unspecified atom stereocenters. The highest BCUT2D eigenvalue weighted by Gasteiger charge is 2.36. The number of alkyl halides is 3. The van der Waals surface area contributed by atoms with Gasteiger partial charge in [-0.1, -0.05) is 19.1 Å². The van der Waals surface area contributed by atoms with Crippen LogP contribution >= 0.6 is 0 Å². The fourth-order valence-corrected chi connectivity index (χ4v) is 3.51. The summed E-state index contributed by atoms with van der Waals surface area (Å²) in [5, 5.41) is 27.4. The number of carbonyl (C=O) groups is 1. The zero-order chi connectivity index (χ0) is 24.0. The first-order chi connectivity index (χ1) is 15.7. The number of para-hydroxylation sites is 2. The number of piperidine rings is 1. The average Bonchev–Trinajstić information content (AvgIpc) is 2.79. The minimum absolute atomic E-state index is 0.00841.